The van der Waals surface area contributed by atoms with Crippen molar-refractivity contribution in [2.24, 2.45) is 0 Å². The third-order valence-corrected chi connectivity index (χ3v) is 6.22. The molecule has 3 heterocycles. The van der Waals surface area contributed by atoms with Gasteiger partial charge in [-0.2, -0.15) is 11.8 Å². The summed E-state index contributed by atoms with van der Waals surface area (Å²) in [4.78, 5) is 20.6. The first-order valence-corrected chi connectivity index (χ1v) is 8.97. The summed E-state index contributed by atoms with van der Waals surface area (Å²) in [5, 5.41) is 0.933. The molecule has 112 valence electrons. The summed E-state index contributed by atoms with van der Waals surface area (Å²) in [6.07, 6.45) is 1.06. The molecule has 1 unspecified atom stereocenters. The summed E-state index contributed by atoms with van der Waals surface area (Å²) in [7, 11) is 1.88. The van der Waals surface area contributed by atoms with Gasteiger partial charge in [0.2, 0.25) is 0 Å². The molecule has 1 atom stereocenters. The molecule has 0 aromatic carbocycles. The van der Waals surface area contributed by atoms with Crippen LogP contribution >= 0.6 is 23.1 Å². The summed E-state index contributed by atoms with van der Waals surface area (Å²) in [5.41, 5.74) is 8.88. The number of anilines is 1. The van der Waals surface area contributed by atoms with Gasteiger partial charge in [-0.05, 0) is 37.7 Å². The number of fused-ring (bicyclic) bond motifs is 1. The minimum absolute atomic E-state index is 0.0278. The monoisotopic (exact) mass is 321 g/mol. The lowest BCUT2D eigenvalue weighted by molar-refractivity contribution is 0.0754. The molecular weight excluding hydrogens is 302 g/mol. The highest BCUT2D eigenvalue weighted by molar-refractivity contribution is 7.99. The number of aryl methyl sites for hydroxylation is 2. The Morgan fingerprint density at radius 2 is 2.24 bits per heavy atom. The Morgan fingerprint density at radius 3 is 2.90 bits per heavy atom. The number of hydrogen-bond acceptors (Lipinski definition) is 5. The number of carbonyl (C=O) groups is 1. The zero-order valence-electron chi connectivity index (χ0n) is 12.5. The number of nitrogens with zero attached hydrogens (tertiary/aromatic N) is 2. The number of amides is 1. The number of nitrogens with two attached hydrogens (primary N) is 1. The maximum absolute atomic E-state index is 12.7. The molecule has 0 bridgehead atoms. The molecule has 1 amide bonds. The van der Waals surface area contributed by atoms with Crippen molar-refractivity contribution in [3.05, 3.63) is 22.2 Å². The average Bonchev–Trinajstić information content (AvgIpc) is 3.05. The zero-order valence-corrected chi connectivity index (χ0v) is 14.1. The Bertz CT molecular complexity index is 704. The van der Waals surface area contributed by atoms with Crippen LogP contribution in [0.1, 0.15) is 27.3 Å². The first-order valence-electron chi connectivity index (χ1n) is 7.00. The molecule has 2 aromatic heterocycles. The molecule has 1 fully saturated rings. The number of thioether (sulfide) groups is 1. The molecule has 0 spiro atoms. The molecule has 0 aliphatic carbocycles. The molecule has 0 radical (unpaired) electrons. The Hall–Kier alpha value is -1.27. The molecular formula is C15H19N3OS2. The summed E-state index contributed by atoms with van der Waals surface area (Å²) >= 11 is 3.32. The van der Waals surface area contributed by atoms with Crippen molar-refractivity contribution < 1.29 is 4.79 Å². The lowest BCUT2D eigenvalue weighted by Gasteiger charge is -2.23. The minimum Gasteiger partial charge on any atom is -0.397 e. The highest BCUT2D eigenvalue weighted by Gasteiger charge is 2.28. The van der Waals surface area contributed by atoms with Crippen molar-refractivity contribution in [2.45, 2.75) is 26.3 Å². The van der Waals surface area contributed by atoms with Crippen LogP contribution in [0, 0.1) is 13.8 Å². The number of thiophene rings is 1. The molecule has 2 aromatic rings. The fourth-order valence-corrected chi connectivity index (χ4v) is 5.25. The van der Waals surface area contributed by atoms with E-state index in [0.29, 0.717) is 16.6 Å². The van der Waals surface area contributed by atoms with Gasteiger partial charge >= 0.3 is 0 Å². The SMILES string of the molecule is Cc1cc(C)c2c(N)c(C(=O)N(C)C3CCSC3)sc2n1. The van der Waals surface area contributed by atoms with Crippen LogP contribution in [0.2, 0.25) is 0 Å². The second kappa shape index (κ2) is 5.50. The number of carbonyl (C=O) groups excluding carboxylic acids is 1. The Morgan fingerprint density at radius 1 is 1.48 bits per heavy atom. The summed E-state index contributed by atoms with van der Waals surface area (Å²) < 4.78 is 0. The van der Waals surface area contributed by atoms with Crippen molar-refractivity contribution in [1.82, 2.24) is 9.88 Å². The first kappa shape index (κ1) is 14.7. The molecule has 6 heteroatoms. The number of hydrogen-bond donors (Lipinski definition) is 1. The van der Waals surface area contributed by atoms with Gasteiger partial charge in [-0.25, -0.2) is 4.98 Å². The Kier molecular flexibility index (Phi) is 3.84. The molecule has 21 heavy (non-hydrogen) atoms. The number of rotatable bonds is 2. The highest BCUT2D eigenvalue weighted by Crippen LogP contribution is 2.36. The Labute approximate surface area is 132 Å². The lowest BCUT2D eigenvalue weighted by Crippen LogP contribution is -2.36. The van der Waals surface area contributed by atoms with Crippen LogP contribution < -0.4 is 5.73 Å². The van der Waals surface area contributed by atoms with E-state index < -0.39 is 0 Å². The van der Waals surface area contributed by atoms with E-state index in [2.05, 4.69) is 4.98 Å². The van der Waals surface area contributed by atoms with Crippen LogP contribution in [-0.4, -0.2) is 40.4 Å². The van der Waals surface area contributed by atoms with Crippen LogP contribution in [0.15, 0.2) is 6.07 Å². The van der Waals surface area contributed by atoms with E-state index in [-0.39, 0.29) is 5.91 Å². The second-order valence-electron chi connectivity index (χ2n) is 5.54. The molecule has 1 aliphatic heterocycles. The summed E-state index contributed by atoms with van der Waals surface area (Å²) in [6, 6.07) is 2.33. The van der Waals surface area contributed by atoms with Crippen molar-refractivity contribution in [2.75, 3.05) is 24.3 Å². The molecule has 2 N–H and O–H groups in total. The normalized spacial score (nSPS) is 18.3. The standard InChI is InChI=1S/C15H19N3OS2/c1-8-6-9(2)17-14-11(8)12(16)13(21-14)15(19)18(3)10-4-5-20-7-10/h6,10H,4-5,7,16H2,1-3H3. The fourth-order valence-electron chi connectivity index (χ4n) is 2.78. The van der Waals surface area contributed by atoms with Crippen LogP contribution in [0.3, 0.4) is 0 Å². The van der Waals surface area contributed by atoms with Crippen LogP contribution in [-0.2, 0) is 0 Å². The van der Waals surface area contributed by atoms with E-state index in [1.54, 1.807) is 0 Å². The Balaban J connectivity index is 2.02. The zero-order chi connectivity index (χ0) is 15.1. The van der Waals surface area contributed by atoms with Gasteiger partial charge in [-0.3, -0.25) is 4.79 Å². The van der Waals surface area contributed by atoms with Gasteiger partial charge in [0.15, 0.2) is 0 Å². The molecule has 1 aliphatic rings. The van der Waals surface area contributed by atoms with Gasteiger partial charge in [-0.15, -0.1) is 11.3 Å². The minimum atomic E-state index is 0.0278. The average molecular weight is 321 g/mol. The van der Waals surface area contributed by atoms with Gasteiger partial charge in [0.1, 0.15) is 9.71 Å². The largest absolute Gasteiger partial charge is 0.397 e. The van der Waals surface area contributed by atoms with E-state index in [0.717, 1.165) is 39.4 Å². The topological polar surface area (TPSA) is 59.2 Å². The van der Waals surface area contributed by atoms with Crippen molar-refractivity contribution in [3.8, 4) is 0 Å². The van der Waals surface area contributed by atoms with Crippen molar-refractivity contribution in [3.63, 3.8) is 0 Å². The molecule has 0 saturated carbocycles. The van der Waals surface area contributed by atoms with Crippen LogP contribution in [0.25, 0.3) is 10.2 Å². The predicted molar refractivity (Wildman–Crippen MR) is 91.3 cm³/mol. The second-order valence-corrected chi connectivity index (χ2v) is 7.69. The van der Waals surface area contributed by atoms with Gasteiger partial charge in [0.25, 0.3) is 5.91 Å². The third-order valence-electron chi connectivity index (χ3n) is 3.99. The van der Waals surface area contributed by atoms with Crippen molar-refractivity contribution in [1.29, 1.82) is 0 Å². The fraction of sp³-hybridized carbons (Fsp3) is 0.467. The van der Waals surface area contributed by atoms with Gasteiger partial charge < -0.3 is 10.6 Å². The van der Waals surface area contributed by atoms with E-state index in [9.17, 15) is 4.79 Å². The molecule has 3 rings (SSSR count). The van der Waals surface area contributed by atoms with Gasteiger partial charge in [-0.1, -0.05) is 0 Å². The van der Waals surface area contributed by atoms with E-state index in [4.69, 9.17) is 5.73 Å². The molecule has 4 nitrogen and oxygen atoms in total. The summed E-state index contributed by atoms with van der Waals surface area (Å²) in [6.45, 7) is 3.98. The van der Waals surface area contributed by atoms with E-state index in [1.165, 1.54) is 11.3 Å². The van der Waals surface area contributed by atoms with E-state index in [1.807, 2.05) is 43.6 Å². The van der Waals surface area contributed by atoms with Crippen molar-refractivity contribution >= 4 is 44.9 Å². The smallest absolute Gasteiger partial charge is 0.266 e. The maximum Gasteiger partial charge on any atom is 0.266 e. The number of nitrogen functional groups attached to an aromatic ring is 1. The molecule has 1 saturated heterocycles. The maximum atomic E-state index is 12.7. The lowest BCUT2D eigenvalue weighted by atomic mass is 10.1. The number of pyridine rings is 1. The third kappa shape index (κ3) is 2.51. The van der Waals surface area contributed by atoms with Crippen LogP contribution in [0.4, 0.5) is 5.69 Å². The number of aromatic nitrogens is 1. The van der Waals surface area contributed by atoms with Gasteiger partial charge in [0.05, 0.1) is 5.69 Å². The predicted octanol–water partition coefficient (Wildman–Crippen LogP) is 3.07. The van der Waals surface area contributed by atoms with Crippen LogP contribution in [0.5, 0.6) is 0 Å². The first-order chi connectivity index (χ1) is 9.99. The van der Waals surface area contributed by atoms with E-state index >= 15 is 0 Å². The summed E-state index contributed by atoms with van der Waals surface area (Å²) in [5.74, 6) is 2.17. The van der Waals surface area contributed by atoms with Gasteiger partial charge in [0, 0.05) is 29.9 Å². The highest BCUT2D eigenvalue weighted by atomic mass is 32.2. The quantitative estimate of drug-likeness (QED) is 0.923.